The highest BCUT2D eigenvalue weighted by Crippen LogP contribution is 2.17. The van der Waals surface area contributed by atoms with Gasteiger partial charge in [0, 0.05) is 61.3 Å². The summed E-state index contributed by atoms with van der Waals surface area (Å²) in [6, 6.07) is 1.39. The molecule has 1 N–H and O–H groups in total. The van der Waals surface area contributed by atoms with Crippen molar-refractivity contribution in [3.8, 4) is 0 Å². The van der Waals surface area contributed by atoms with Crippen molar-refractivity contribution < 1.29 is 36.1 Å². The highest BCUT2D eigenvalue weighted by molar-refractivity contribution is 6.60. The van der Waals surface area contributed by atoms with Crippen LogP contribution in [0.4, 0.5) is 4.79 Å². The van der Waals surface area contributed by atoms with Crippen LogP contribution in [0.1, 0.15) is 25.7 Å². The van der Waals surface area contributed by atoms with Gasteiger partial charge in [0.15, 0.2) is 0 Å². The van der Waals surface area contributed by atoms with E-state index in [-0.39, 0.29) is 0 Å². The Balaban J connectivity index is 3.76. The second-order valence-corrected chi connectivity index (χ2v) is 11.7. The summed E-state index contributed by atoms with van der Waals surface area (Å²) >= 11 is 0. The number of hydrogen-bond donors (Lipinski definition) is 1. The molecule has 0 spiro atoms. The molecule has 9 nitrogen and oxygen atoms in total. The summed E-state index contributed by atoms with van der Waals surface area (Å²) in [5.74, 6) is 0. The Morgan fingerprint density at radius 3 is 1.54 bits per heavy atom. The molecule has 0 radical (unpaired) electrons. The fourth-order valence-electron chi connectivity index (χ4n) is 2.43. The number of carbonyl (C=O) groups is 1. The van der Waals surface area contributed by atoms with Crippen molar-refractivity contribution in [2.75, 3.05) is 55.8 Å². The molecule has 0 unspecified atom stereocenters. The van der Waals surface area contributed by atoms with Gasteiger partial charge in [-0.3, -0.25) is 0 Å². The second-order valence-electron chi connectivity index (χ2n) is 5.57. The molecular formula is C15H35NO8Si2. The third-order valence-corrected chi connectivity index (χ3v) is 9.82. The first-order chi connectivity index (χ1) is 12.5. The summed E-state index contributed by atoms with van der Waals surface area (Å²) in [6.45, 7) is 0.883. The molecular weight excluding hydrogens is 378 g/mol. The molecule has 0 aromatic heterocycles. The Kier molecular flexibility index (Phi) is 14.2. The number of nitrogens with one attached hydrogen (secondary N) is 1. The van der Waals surface area contributed by atoms with E-state index in [1.807, 2.05) is 0 Å². The molecule has 0 aliphatic carbocycles. The van der Waals surface area contributed by atoms with Gasteiger partial charge >= 0.3 is 23.7 Å². The van der Waals surface area contributed by atoms with E-state index >= 15 is 0 Å². The van der Waals surface area contributed by atoms with E-state index in [2.05, 4.69) is 5.32 Å². The summed E-state index contributed by atoms with van der Waals surface area (Å²) in [4.78, 5) is 11.6. The van der Waals surface area contributed by atoms with E-state index in [0.717, 1.165) is 25.7 Å². The van der Waals surface area contributed by atoms with Crippen LogP contribution in [0.15, 0.2) is 0 Å². The molecule has 0 bridgehead atoms. The minimum atomic E-state index is -2.53. The Labute approximate surface area is 159 Å². The third-order valence-electron chi connectivity index (χ3n) is 4.16. The lowest BCUT2D eigenvalue weighted by Crippen LogP contribution is -2.42. The summed E-state index contributed by atoms with van der Waals surface area (Å²) in [5, 5.41) is 2.73. The highest BCUT2D eigenvalue weighted by Gasteiger charge is 2.37. The molecule has 26 heavy (non-hydrogen) atoms. The average molecular weight is 414 g/mol. The number of unbranched alkanes of at least 4 members (excludes halogenated alkanes) is 2. The Bertz CT molecular complexity index is 319. The molecule has 0 aromatic rings. The molecule has 0 aromatic carbocycles. The molecule has 0 atom stereocenters. The third kappa shape index (κ3) is 9.41. The van der Waals surface area contributed by atoms with E-state index in [1.165, 1.54) is 0 Å². The van der Waals surface area contributed by atoms with Crippen molar-refractivity contribution in [1.29, 1.82) is 0 Å². The number of carbonyl (C=O) groups excluding carboxylic acids is 1. The summed E-state index contributed by atoms with van der Waals surface area (Å²) < 4.78 is 37.2. The largest absolute Gasteiger partial charge is 0.500 e. The number of ether oxygens (including phenoxy) is 1. The van der Waals surface area contributed by atoms with Crippen molar-refractivity contribution >= 4 is 23.7 Å². The molecule has 156 valence electrons. The first-order valence-electron chi connectivity index (χ1n) is 8.68. The Hall–Kier alpha value is -0.536. The fourth-order valence-corrected chi connectivity index (χ4v) is 6.02. The molecule has 0 aliphatic rings. The predicted octanol–water partition coefficient (Wildman–Crippen LogP) is 2.03. The van der Waals surface area contributed by atoms with Crippen molar-refractivity contribution in [2.24, 2.45) is 0 Å². The normalized spacial score (nSPS) is 12.2. The van der Waals surface area contributed by atoms with Gasteiger partial charge in [0.2, 0.25) is 0 Å². The summed E-state index contributed by atoms with van der Waals surface area (Å²) in [5.41, 5.74) is 0. The van der Waals surface area contributed by atoms with Crippen molar-refractivity contribution in [3.63, 3.8) is 0 Å². The van der Waals surface area contributed by atoms with E-state index in [1.54, 1.807) is 42.7 Å². The smallest absolute Gasteiger partial charge is 0.450 e. The summed E-state index contributed by atoms with van der Waals surface area (Å²) in [7, 11) is 4.47. The van der Waals surface area contributed by atoms with Crippen LogP contribution in [0.2, 0.25) is 12.1 Å². The van der Waals surface area contributed by atoms with Gasteiger partial charge in [-0.2, -0.15) is 0 Å². The van der Waals surface area contributed by atoms with Gasteiger partial charge < -0.3 is 36.6 Å². The van der Waals surface area contributed by atoms with Gasteiger partial charge in [-0.15, -0.1) is 0 Å². The molecule has 0 aliphatic heterocycles. The Morgan fingerprint density at radius 1 is 0.692 bits per heavy atom. The molecule has 0 rings (SSSR count). The zero-order valence-corrected chi connectivity index (χ0v) is 18.9. The summed E-state index contributed by atoms with van der Waals surface area (Å²) in [6.07, 6.45) is 2.74. The molecule has 11 heteroatoms. The maximum Gasteiger partial charge on any atom is 0.500 e. The monoisotopic (exact) mass is 413 g/mol. The van der Waals surface area contributed by atoms with Gasteiger partial charge in [0.05, 0.1) is 6.61 Å². The lowest BCUT2D eigenvalue weighted by molar-refractivity contribution is 0.120. The first kappa shape index (κ1) is 25.5. The zero-order chi connectivity index (χ0) is 19.9. The van der Waals surface area contributed by atoms with Crippen LogP contribution in [0.3, 0.4) is 0 Å². The molecule has 0 saturated carbocycles. The number of amides is 1. The van der Waals surface area contributed by atoms with Gasteiger partial charge in [-0.05, 0) is 25.7 Å². The van der Waals surface area contributed by atoms with Crippen molar-refractivity contribution in [3.05, 3.63) is 0 Å². The number of hydrogen-bond acceptors (Lipinski definition) is 8. The van der Waals surface area contributed by atoms with Crippen LogP contribution in [0, 0.1) is 0 Å². The van der Waals surface area contributed by atoms with Crippen LogP contribution in [0.25, 0.3) is 0 Å². The lowest BCUT2D eigenvalue weighted by atomic mass is 10.3. The minimum Gasteiger partial charge on any atom is -0.450 e. The van der Waals surface area contributed by atoms with E-state index in [4.69, 9.17) is 31.3 Å². The molecule has 0 fully saturated rings. The van der Waals surface area contributed by atoms with Crippen molar-refractivity contribution in [1.82, 2.24) is 5.32 Å². The number of rotatable bonds is 16. The Morgan fingerprint density at radius 2 is 1.12 bits per heavy atom. The van der Waals surface area contributed by atoms with E-state index in [9.17, 15) is 4.79 Å². The lowest BCUT2D eigenvalue weighted by Gasteiger charge is -2.24. The van der Waals surface area contributed by atoms with Crippen LogP contribution in [-0.4, -0.2) is 79.5 Å². The second kappa shape index (κ2) is 14.5. The molecule has 1 amide bonds. The fraction of sp³-hybridized carbons (Fsp3) is 0.933. The standard InChI is InChI=1S/C15H35NO8Si2/c1-18-25(19-2,20-3)13-9-7-11-16-15(17)24-12-8-10-14-26(21-4,22-5)23-6/h7-14H2,1-6H3,(H,16,17). The zero-order valence-electron chi connectivity index (χ0n) is 16.9. The van der Waals surface area contributed by atoms with Crippen LogP contribution in [-0.2, 0) is 31.3 Å². The average Bonchev–Trinajstić information content (AvgIpc) is 2.68. The molecule has 0 saturated heterocycles. The van der Waals surface area contributed by atoms with Crippen molar-refractivity contribution in [2.45, 2.75) is 37.8 Å². The van der Waals surface area contributed by atoms with Gasteiger partial charge in [-0.1, -0.05) is 0 Å². The quantitative estimate of drug-likeness (QED) is 0.303. The van der Waals surface area contributed by atoms with Gasteiger partial charge in [-0.25, -0.2) is 4.79 Å². The van der Waals surface area contributed by atoms with Crippen LogP contribution in [0.5, 0.6) is 0 Å². The van der Waals surface area contributed by atoms with Gasteiger partial charge in [0.25, 0.3) is 0 Å². The van der Waals surface area contributed by atoms with Crippen LogP contribution < -0.4 is 5.32 Å². The van der Waals surface area contributed by atoms with Crippen LogP contribution >= 0.6 is 0 Å². The molecule has 0 heterocycles. The maximum absolute atomic E-state index is 11.6. The predicted molar refractivity (Wildman–Crippen MR) is 101 cm³/mol. The maximum atomic E-state index is 11.6. The first-order valence-corrected chi connectivity index (χ1v) is 12.5. The topological polar surface area (TPSA) is 93.7 Å². The highest BCUT2D eigenvalue weighted by atomic mass is 28.4. The number of alkyl carbamates (subject to hydrolysis) is 1. The SMILES string of the molecule is CO[Si](CCCCNC(=O)OCCCC[Si](OC)(OC)OC)(OC)OC. The van der Waals surface area contributed by atoms with E-state index in [0.29, 0.717) is 25.2 Å². The van der Waals surface area contributed by atoms with E-state index < -0.39 is 23.7 Å². The minimum absolute atomic E-state index is 0.348. The van der Waals surface area contributed by atoms with Gasteiger partial charge in [0.1, 0.15) is 0 Å².